The third kappa shape index (κ3) is 1.70. The largest absolute Gasteiger partial charge is 0.382 e. The van der Waals surface area contributed by atoms with Crippen LogP contribution in [-0.4, -0.2) is 16.3 Å². The number of nitrogens with two attached hydrogens (primary N) is 1. The smallest absolute Gasteiger partial charge is 0.149 e. The van der Waals surface area contributed by atoms with Gasteiger partial charge < -0.3 is 11.1 Å². The Labute approximate surface area is 100 Å². The summed E-state index contributed by atoms with van der Waals surface area (Å²) in [7, 11) is 0. The number of benzene rings is 1. The third-order valence-electron chi connectivity index (χ3n) is 3.21. The molecule has 0 bridgehead atoms. The third-order valence-corrected chi connectivity index (χ3v) is 3.21. The quantitative estimate of drug-likeness (QED) is 0.776. The number of nitrogen functional groups attached to an aromatic ring is 1. The normalized spacial score (nSPS) is 14.6. The van der Waals surface area contributed by atoms with E-state index in [2.05, 4.69) is 35.5 Å². The van der Waals surface area contributed by atoms with E-state index >= 15 is 0 Å². The minimum absolute atomic E-state index is 0.669. The molecule has 3 rings (SSSR count). The number of aromatic nitrogens is 2. The van der Waals surface area contributed by atoms with E-state index in [1.54, 1.807) is 0 Å². The second-order valence-corrected chi connectivity index (χ2v) is 4.49. The molecule has 88 valence electrons. The van der Waals surface area contributed by atoms with E-state index in [0.717, 1.165) is 25.2 Å². The van der Waals surface area contributed by atoms with Crippen LogP contribution in [0.15, 0.2) is 24.3 Å². The summed E-state index contributed by atoms with van der Waals surface area (Å²) in [5.41, 5.74) is 10.7. The van der Waals surface area contributed by atoms with E-state index in [-0.39, 0.29) is 0 Å². The molecule has 1 aromatic carbocycles. The highest BCUT2D eigenvalue weighted by Crippen LogP contribution is 2.23. The summed E-state index contributed by atoms with van der Waals surface area (Å²) >= 11 is 0. The van der Waals surface area contributed by atoms with Crippen molar-refractivity contribution in [3.8, 4) is 5.69 Å². The van der Waals surface area contributed by atoms with Gasteiger partial charge in [0.2, 0.25) is 0 Å². The fraction of sp³-hybridized carbons (Fsp3) is 0.308. The van der Waals surface area contributed by atoms with Gasteiger partial charge in [0.05, 0.1) is 11.4 Å². The van der Waals surface area contributed by atoms with Gasteiger partial charge in [-0.25, -0.2) is 4.68 Å². The van der Waals surface area contributed by atoms with Gasteiger partial charge in [-0.05, 0) is 37.6 Å². The van der Waals surface area contributed by atoms with Crippen LogP contribution in [0.2, 0.25) is 0 Å². The van der Waals surface area contributed by atoms with Crippen molar-refractivity contribution in [3.63, 3.8) is 0 Å². The maximum atomic E-state index is 5.98. The van der Waals surface area contributed by atoms with Crippen LogP contribution in [0, 0.1) is 6.92 Å². The van der Waals surface area contributed by atoms with Crippen molar-refractivity contribution in [2.45, 2.75) is 19.9 Å². The van der Waals surface area contributed by atoms with Crippen LogP contribution in [0.1, 0.15) is 16.8 Å². The molecular weight excluding hydrogens is 212 g/mol. The molecule has 0 radical (unpaired) electrons. The van der Waals surface area contributed by atoms with E-state index in [1.165, 1.54) is 16.8 Å². The van der Waals surface area contributed by atoms with Gasteiger partial charge in [0.1, 0.15) is 5.82 Å². The molecule has 0 amide bonds. The summed E-state index contributed by atoms with van der Waals surface area (Å²) in [6, 6.07) is 8.32. The number of nitrogens with one attached hydrogen (secondary N) is 1. The zero-order chi connectivity index (χ0) is 11.8. The van der Waals surface area contributed by atoms with Gasteiger partial charge in [0, 0.05) is 12.1 Å². The zero-order valence-electron chi connectivity index (χ0n) is 9.90. The molecule has 1 aliphatic heterocycles. The van der Waals surface area contributed by atoms with Gasteiger partial charge in [-0.15, -0.1) is 0 Å². The van der Waals surface area contributed by atoms with Crippen LogP contribution in [0.4, 0.5) is 5.82 Å². The van der Waals surface area contributed by atoms with E-state index < -0.39 is 0 Å². The summed E-state index contributed by atoms with van der Waals surface area (Å²) < 4.78 is 1.96. The van der Waals surface area contributed by atoms with Crippen molar-refractivity contribution in [1.29, 1.82) is 0 Å². The Morgan fingerprint density at radius 2 is 2.29 bits per heavy atom. The maximum Gasteiger partial charge on any atom is 0.149 e. The van der Waals surface area contributed by atoms with Crippen molar-refractivity contribution >= 4 is 5.82 Å². The number of fused-ring (bicyclic) bond motifs is 1. The topological polar surface area (TPSA) is 55.9 Å². The highest BCUT2D eigenvalue weighted by atomic mass is 15.3. The number of nitrogens with zero attached hydrogens (tertiary/aromatic N) is 2. The molecule has 4 heteroatoms. The van der Waals surface area contributed by atoms with E-state index in [1.807, 2.05) is 10.7 Å². The molecule has 0 spiro atoms. The standard InChI is InChI=1S/C13H16N4/c1-9-3-2-4-10(7-9)17-12-8-15-6-5-11(12)13(14)16-17/h2-4,7,15H,5-6,8H2,1H3,(H2,14,16). The van der Waals surface area contributed by atoms with Crippen LogP contribution >= 0.6 is 0 Å². The van der Waals surface area contributed by atoms with Gasteiger partial charge in [0.15, 0.2) is 0 Å². The minimum Gasteiger partial charge on any atom is -0.382 e. The Kier molecular flexibility index (Phi) is 2.37. The lowest BCUT2D eigenvalue weighted by atomic mass is 10.1. The van der Waals surface area contributed by atoms with Crippen LogP contribution in [0.5, 0.6) is 0 Å². The number of aryl methyl sites for hydroxylation is 1. The summed E-state index contributed by atoms with van der Waals surface area (Å²) in [4.78, 5) is 0. The molecule has 1 aliphatic rings. The van der Waals surface area contributed by atoms with Crippen molar-refractivity contribution in [1.82, 2.24) is 15.1 Å². The SMILES string of the molecule is Cc1cccc(-n2nc(N)c3c2CNCC3)c1. The Morgan fingerprint density at radius 1 is 1.41 bits per heavy atom. The number of anilines is 1. The first kappa shape index (κ1) is 10.4. The van der Waals surface area contributed by atoms with Crippen LogP contribution in [0.25, 0.3) is 5.69 Å². The van der Waals surface area contributed by atoms with Gasteiger partial charge in [-0.1, -0.05) is 12.1 Å². The molecule has 4 nitrogen and oxygen atoms in total. The Hall–Kier alpha value is -1.81. The average molecular weight is 228 g/mol. The fourth-order valence-electron chi connectivity index (χ4n) is 2.35. The molecule has 0 atom stereocenters. The predicted molar refractivity (Wildman–Crippen MR) is 68.1 cm³/mol. The maximum absolute atomic E-state index is 5.98. The molecule has 2 heterocycles. The fourth-order valence-corrected chi connectivity index (χ4v) is 2.35. The summed E-state index contributed by atoms with van der Waals surface area (Å²) in [5, 5.41) is 7.82. The van der Waals surface area contributed by atoms with E-state index in [0.29, 0.717) is 5.82 Å². The first-order chi connectivity index (χ1) is 8.25. The van der Waals surface area contributed by atoms with Crippen LogP contribution in [0.3, 0.4) is 0 Å². The number of hydrogen-bond donors (Lipinski definition) is 2. The molecular formula is C13H16N4. The summed E-state index contributed by atoms with van der Waals surface area (Å²) in [5.74, 6) is 0.669. The summed E-state index contributed by atoms with van der Waals surface area (Å²) in [6.45, 7) is 3.91. The molecule has 0 aliphatic carbocycles. The van der Waals surface area contributed by atoms with Gasteiger partial charge in [0.25, 0.3) is 0 Å². The molecule has 0 saturated carbocycles. The molecule has 0 unspecified atom stereocenters. The molecule has 0 saturated heterocycles. The Morgan fingerprint density at radius 3 is 3.12 bits per heavy atom. The van der Waals surface area contributed by atoms with Gasteiger partial charge >= 0.3 is 0 Å². The first-order valence-corrected chi connectivity index (χ1v) is 5.90. The second-order valence-electron chi connectivity index (χ2n) is 4.49. The molecule has 2 aromatic rings. The highest BCUT2D eigenvalue weighted by Gasteiger charge is 2.19. The lowest BCUT2D eigenvalue weighted by molar-refractivity contribution is 0.614. The molecule has 17 heavy (non-hydrogen) atoms. The second kappa shape index (κ2) is 3.89. The number of hydrogen-bond acceptors (Lipinski definition) is 3. The van der Waals surface area contributed by atoms with Crippen molar-refractivity contribution in [3.05, 3.63) is 41.1 Å². The minimum atomic E-state index is 0.669. The van der Waals surface area contributed by atoms with E-state index in [9.17, 15) is 0 Å². The van der Waals surface area contributed by atoms with Gasteiger partial charge in [-0.2, -0.15) is 5.10 Å². The monoisotopic (exact) mass is 228 g/mol. The Bertz CT molecular complexity index is 557. The highest BCUT2D eigenvalue weighted by molar-refractivity contribution is 5.48. The number of rotatable bonds is 1. The van der Waals surface area contributed by atoms with Crippen molar-refractivity contribution in [2.75, 3.05) is 12.3 Å². The molecule has 1 aromatic heterocycles. The van der Waals surface area contributed by atoms with Crippen LogP contribution < -0.4 is 11.1 Å². The van der Waals surface area contributed by atoms with Gasteiger partial charge in [-0.3, -0.25) is 0 Å². The van der Waals surface area contributed by atoms with Crippen LogP contribution in [-0.2, 0) is 13.0 Å². The zero-order valence-corrected chi connectivity index (χ0v) is 9.90. The molecule has 3 N–H and O–H groups in total. The average Bonchev–Trinajstić information content (AvgIpc) is 2.68. The van der Waals surface area contributed by atoms with E-state index in [4.69, 9.17) is 5.73 Å². The lowest BCUT2D eigenvalue weighted by Crippen LogP contribution is -2.25. The molecule has 0 fully saturated rings. The first-order valence-electron chi connectivity index (χ1n) is 5.90. The lowest BCUT2D eigenvalue weighted by Gasteiger charge is -2.15. The summed E-state index contributed by atoms with van der Waals surface area (Å²) in [6.07, 6.45) is 0.965. The predicted octanol–water partition coefficient (Wildman–Crippen LogP) is 1.41. The van der Waals surface area contributed by atoms with Crippen molar-refractivity contribution < 1.29 is 0 Å². The van der Waals surface area contributed by atoms with Crippen molar-refractivity contribution in [2.24, 2.45) is 0 Å². The Balaban J connectivity index is 2.15.